The minimum Gasteiger partial charge on any atom is -0.474 e. The van der Waals surface area contributed by atoms with E-state index < -0.39 is 0 Å². The van der Waals surface area contributed by atoms with Crippen molar-refractivity contribution in [2.45, 2.75) is 19.6 Å². The van der Waals surface area contributed by atoms with Gasteiger partial charge in [0.05, 0.1) is 23.4 Å². The predicted octanol–water partition coefficient (Wildman–Crippen LogP) is 4.73. The highest BCUT2D eigenvalue weighted by Gasteiger charge is 2.09. The van der Waals surface area contributed by atoms with E-state index in [4.69, 9.17) is 4.74 Å². The number of rotatable bonds is 10. The van der Waals surface area contributed by atoms with Crippen LogP contribution < -0.4 is 16.0 Å². The van der Waals surface area contributed by atoms with E-state index in [2.05, 4.69) is 55.5 Å². The number of nitrogens with zero attached hydrogens (tertiary/aromatic N) is 3. The number of ether oxygens (including phenoxy) is 1. The Morgan fingerprint density at radius 2 is 2.00 bits per heavy atom. The summed E-state index contributed by atoms with van der Waals surface area (Å²) in [5.41, 5.74) is 4.76. The zero-order chi connectivity index (χ0) is 23.0. The van der Waals surface area contributed by atoms with Crippen LogP contribution in [-0.4, -0.2) is 27.0 Å². The van der Waals surface area contributed by atoms with Gasteiger partial charge >= 0.3 is 0 Å². The van der Waals surface area contributed by atoms with E-state index >= 15 is 0 Å². The van der Waals surface area contributed by atoms with Gasteiger partial charge in [0.1, 0.15) is 12.4 Å². The summed E-state index contributed by atoms with van der Waals surface area (Å²) >= 11 is 0. The van der Waals surface area contributed by atoms with Crippen molar-refractivity contribution in [1.82, 2.24) is 25.3 Å². The highest BCUT2D eigenvalue weighted by Crippen LogP contribution is 2.21. The summed E-state index contributed by atoms with van der Waals surface area (Å²) in [5, 5.41) is 9.57. The fourth-order valence-corrected chi connectivity index (χ4v) is 3.28. The number of hydrogen-bond acceptors (Lipinski definition) is 7. The molecular formula is C25H27N7O. The number of imidazole rings is 1. The lowest BCUT2D eigenvalue weighted by molar-refractivity contribution is 0.182. The highest BCUT2D eigenvalue weighted by atomic mass is 16.5. The van der Waals surface area contributed by atoms with Crippen LogP contribution >= 0.6 is 0 Å². The summed E-state index contributed by atoms with van der Waals surface area (Å²) in [6.45, 7) is 6.58. The first-order valence-electron chi connectivity index (χ1n) is 10.7. The number of benzene rings is 2. The maximum atomic E-state index is 5.83. The lowest BCUT2D eigenvalue weighted by atomic mass is 10.1. The zero-order valence-electron chi connectivity index (χ0n) is 18.7. The molecule has 2 aromatic carbocycles. The molecular weight excluding hydrogens is 414 g/mol. The van der Waals surface area contributed by atoms with Crippen LogP contribution in [-0.2, 0) is 11.3 Å². The Bertz CT molecular complexity index is 1250. The molecule has 0 aliphatic carbocycles. The zero-order valence-corrected chi connectivity index (χ0v) is 18.7. The molecule has 0 aliphatic heterocycles. The molecule has 0 spiro atoms. The van der Waals surface area contributed by atoms with E-state index in [9.17, 15) is 0 Å². The van der Waals surface area contributed by atoms with E-state index in [1.807, 2.05) is 42.5 Å². The molecule has 8 heteroatoms. The summed E-state index contributed by atoms with van der Waals surface area (Å²) in [7, 11) is 1.80. The molecule has 33 heavy (non-hydrogen) atoms. The largest absolute Gasteiger partial charge is 0.474 e. The van der Waals surface area contributed by atoms with Crippen molar-refractivity contribution >= 4 is 22.8 Å². The number of aromatic nitrogens is 4. The molecule has 0 bridgehead atoms. The molecule has 168 valence electrons. The van der Waals surface area contributed by atoms with Gasteiger partial charge in [-0.15, -0.1) is 0 Å². The number of fused-ring (bicyclic) bond motifs is 1. The fraction of sp³-hybridized carbons (Fsp3) is 0.160. The summed E-state index contributed by atoms with van der Waals surface area (Å²) < 4.78 is 5.83. The van der Waals surface area contributed by atoms with Gasteiger partial charge in [0.15, 0.2) is 5.88 Å². The van der Waals surface area contributed by atoms with Crippen LogP contribution in [0.2, 0.25) is 0 Å². The second-order valence-corrected chi connectivity index (χ2v) is 7.49. The highest BCUT2D eigenvalue weighted by molar-refractivity contribution is 5.75. The Balaban J connectivity index is 1.37. The van der Waals surface area contributed by atoms with Crippen LogP contribution in [0.3, 0.4) is 0 Å². The molecule has 4 N–H and O–H groups in total. The monoisotopic (exact) mass is 441 g/mol. The molecule has 4 aromatic rings. The van der Waals surface area contributed by atoms with Gasteiger partial charge in [0, 0.05) is 25.0 Å². The molecule has 0 saturated heterocycles. The number of aromatic amines is 1. The Morgan fingerprint density at radius 3 is 2.82 bits per heavy atom. The van der Waals surface area contributed by atoms with Gasteiger partial charge in [0.2, 0.25) is 5.95 Å². The smallest absolute Gasteiger partial charge is 0.225 e. The first-order chi connectivity index (χ1) is 16.1. The third-order valence-electron chi connectivity index (χ3n) is 5.02. The topological polar surface area (TPSA) is 99.8 Å². The van der Waals surface area contributed by atoms with Gasteiger partial charge in [-0.3, -0.25) is 0 Å². The van der Waals surface area contributed by atoms with Crippen LogP contribution in [0.25, 0.3) is 11.0 Å². The van der Waals surface area contributed by atoms with Crippen LogP contribution in [0.15, 0.2) is 91.4 Å². The normalized spacial score (nSPS) is 12.2. The quantitative estimate of drug-likeness (QED) is 0.209. The number of hydrogen-bond donors (Lipinski definition) is 4. The van der Waals surface area contributed by atoms with Crippen LogP contribution in [0.4, 0.5) is 11.8 Å². The molecule has 0 amide bonds. The first kappa shape index (κ1) is 21.9. The number of allylic oxidation sites excluding steroid dienone is 1. The maximum Gasteiger partial charge on any atom is 0.225 e. The number of H-pyrrole nitrogens is 1. The van der Waals surface area contributed by atoms with Gasteiger partial charge in [-0.25, -0.2) is 9.97 Å². The third-order valence-corrected chi connectivity index (χ3v) is 5.02. The van der Waals surface area contributed by atoms with E-state index in [0.29, 0.717) is 30.0 Å². The van der Waals surface area contributed by atoms with Crippen molar-refractivity contribution in [1.29, 1.82) is 0 Å². The third kappa shape index (κ3) is 5.88. The standard InChI is InChI=1S/C25H27N7O/c1-17(13-24(26-3)33-15-19-7-5-4-6-8-19)30-23-11-12-27-25(32-23)31-18(2)20-9-10-21-22(14-20)29-16-28-21/h4-14,16,18,26H,1,15H2,2-3H3,(H,28,29)(H2,27,30,31,32)/b24-13+. The maximum absolute atomic E-state index is 5.83. The molecule has 0 fully saturated rings. The average molecular weight is 442 g/mol. The van der Waals surface area contributed by atoms with E-state index in [0.717, 1.165) is 22.2 Å². The molecule has 8 nitrogen and oxygen atoms in total. The lowest BCUT2D eigenvalue weighted by Gasteiger charge is -2.15. The lowest BCUT2D eigenvalue weighted by Crippen LogP contribution is -2.12. The number of anilines is 2. The number of nitrogens with one attached hydrogen (secondary N) is 4. The van der Waals surface area contributed by atoms with Crippen molar-refractivity contribution in [2.24, 2.45) is 0 Å². The van der Waals surface area contributed by atoms with Gasteiger partial charge in [-0.2, -0.15) is 4.98 Å². The summed E-state index contributed by atoms with van der Waals surface area (Å²) in [5.74, 6) is 1.75. The molecule has 0 saturated carbocycles. The molecule has 0 aliphatic rings. The molecule has 4 rings (SSSR count). The predicted molar refractivity (Wildman–Crippen MR) is 131 cm³/mol. The van der Waals surface area contributed by atoms with E-state index in [-0.39, 0.29) is 6.04 Å². The van der Waals surface area contributed by atoms with Gasteiger partial charge in [0.25, 0.3) is 0 Å². The summed E-state index contributed by atoms with van der Waals surface area (Å²) in [4.78, 5) is 16.3. The molecule has 2 heterocycles. The Hall–Kier alpha value is -4.33. The van der Waals surface area contributed by atoms with Crippen LogP contribution in [0, 0.1) is 0 Å². The Labute approximate surface area is 192 Å². The fourth-order valence-electron chi connectivity index (χ4n) is 3.28. The molecule has 0 radical (unpaired) electrons. The van der Waals surface area contributed by atoms with Crippen molar-refractivity contribution in [2.75, 3.05) is 17.7 Å². The molecule has 1 atom stereocenters. The van der Waals surface area contributed by atoms with Gasteiger partial charge in [-0.05, 0) is 36.2 Å². The van der Waals surface area contributed by atoms with Gasteiger partial charge < -0.3 is 25.7 Å². The molecule has 1 unspecified atom stereocenters. The van der Waals surface area contributed by atoms with Gasteiger partial charge in [-0.1, -0.05) is 43.0 Å². The van der Waals surface area contributed by atoms with Crippen molar-refractivity contribution < 1.29 is 4.74 Å². The van der Waals surface area contributed by atoms with Crippen LogP contribution in [0.5, 0.6) is 0 Å². The van der Waals surface area contributed by atoms with Crippen molar-refractivity contribution in [3.05, 3.63) is 102 Å². The van der Waals surface area contributed by atoms with Crippen molar-refractivity contribution in [3.63, 3.8) is 0 Å². The van der Waals surface area contributed by atoms with Crippen molar-refractivity contribution in [3.8, 4) is 0 Å². The second-order valence-electron chi connectivity index (χ2n) is 7.49. The Morgan fingerprint density at radius 1 is 1.15 bits per heavy atom. The minimum atomic E-state index is 0.0123. The average Bonchev–Trinajstić information content (AvgIpc) is 3.30. The minimum absolute atomic E-state index is 0.0123. The first-order valence-corrected chi connectivity index (χ1v) is 10.7. The van der Waals surface area contributed by atoms with E-state index in [1.165, 1.54) is 0 Å². The van der Waals surface area contributed by atoms with E-state index in [1.54, 1.807) is 31.7 Å². The molecule has 2 aromatic heterocycles. The SMILES string of the molecule is C=C(/C=C(\NC)OCc1ccccc1)Nc1ccnc(NC(C)c2ccc3nc[nH]c3c2)n1. The second kappa shape index (κ2) is 10.3. The van der Waals surface area contributed by atoms with Crippen LogP contribution in [0.1, 0.15) is 24.1 Å². The Kier molecular flexibility index (Phi) is 6.84. The summed E-state index contributed by atoms with van der Waals surface area (Å²) in [6, 6.07) is 17.9. The summed E-state index contributed by atoms with van der Waals surface area (Å²) in [6.07, 6.45) is 5.18.